The predicted molar refractivity (Wildman–Crippen MR) is 257 cm³/mol. The lowest BCUT2D eigenvalue weighted by Gasteiger charge is -2.39. The van der Waals surface area contributed by atoms with Crippen molar-refractivity contribution in [3.63, 3.8) is 0 Å². The molecule has 15 heteroatoms. The van der Waals surface area contributed by atoms with Crippen LogP contribution in [-0.4, -0.2) is 127 Å². The molecule has 1 saturated heterocycles. The summed E-state index contributed by atoms with van der Waals surface area (Å²) in [4.78, 5) is 78.6. The van der Waals surface area contributed by atoms with E-state index >= 15 is 4.79 Å². The summed E-state index contributed by atoms with van der Waals surface area (Å²) >= 11 is 0. The van der Waals surface area contributed by atoms with E-state index in [0.29, 0.717) is 32.5 Å². The Bertz CT molecular complexity index is 2210. The Hall–Kier alpha value is -6.32. The number of methoxy groups -OCH3 is 1. The van der Waals surface area contributed by atoms with Crippen LogP contribution in [0.3, 0.4) is 0 Å². The number of nitrogens with zero attached hydrogens (tertiary/aromatic N) is 4. The lowest BCUT2D eigenvalue weighted by molar-refractivity contribution is -0.164. The van der Waals surface area contributed by atoms with E-state index in [-0.39, 0.29) is 24.9 Å². The van der Waals surface area contributed by atoms with Crippen molar-refractivity contribution in [3.8, 4) is 11.3 Å². The third-order valence-electron chi connectivity index (χ3n) is 11.6. The normalized spacial score (nSPS) is 15.3. The highest BCUT2D eigenvalue weighted by atomic mass is 16.7. The molecule has 1 fully saturated rings. The first kappa shape index (κ1) is 51.7. The summed E-state index contributed by atoms with van der Waals surface area (Å²) in [6, 6.07) is 29.5. The summed E-state index contributed by atoms with van der Waals surface area (Å²) in [7, 11) is 4.75. The number of alkyl carbamates (subject to hydrolysis) is 1. The first-order valence-electron chi connectivity index (χ1n) is 22.8. The molecule has 0 spiro atoms. The van der Waals surface area contributed by atoms with E-state index < -0.39 is 65.9 Å². The smallest absolute Gasteiger partial charge is 0.407 e. The first-order valence-corrected chi connectivity index (χ1v) is 22.8. The van der Waals surface area contributed by atoms with Gasteiger partial charge in [0.15, 0.2) is 6.79 Å². The molecular formula is C52H69N7O8. The highest BCUT2D eigenvalue weighted by Gasteiger charge is 2.45. The van der Waals surface area contributed by atoms with Gasteiger partial charge in [-0.3, -0.25) is 24.3 Å². The van der Waals surface area contributed by atoms with E-state index in [1.807, 2.05) is 145 Å². The van der Waals surface area contributed by atoms with Crippen molar-refractivity contribution in [1.82, 2.24) is 35.6 Å². The highest BCUT2D eigenvalue weighted by Crippen LogP contribution is 2.30. The van der Waals surface area contributed by atoms with Gasteiger partial charge in [-0.25, -0.2) is 9.59 Å². The van der Waals surface area contributed by atoms with Gasteiger partial charge in [-0.05, 0) is 73.0 Å². The quantitative estimate of drug-likeness (QED) is 0.0622. The number of amides is 5. The van der Waals surface area contributed by atoms with E-state index in [1.165, 1.54) is 7.11 Å². The molecule has 0 unspecified atom stereocenters. The van der Waals surface area contributed by atoms with E-state index in [1.54, 1.807) is 35.0 Å². The van der Waals surface area contributed by atoms with Gasteiger partial charge in [-0.2, -0.15) is 0 Å². The van der Waals surface area contributed by atoms with Crippen LogP contribution in [0.25, 0.3) is 11.3 Å². The van der Waals surface area contributed by atoms with Crippen LogP contribution in [0.2, 0.25) is 0 Å². The summed E-state index contributed by atoms with van der Waals surface area (Å²) in [6.45, 7) is 12.1. The summed E-state index contributed by atoms with van der Waals surface area (Å²) in [5, 5.41) is 9.23. The molecule has 0 saturated carbocycles. The van der Waals surface area contributed by atoms with Crippen molar-refractivity contribution in [2.24, 2.45) is 10.8 Å². The average Bonchev–Trinajstić information content (AvgIpc) is 3.62. The van der Waals surface area contributed by atoms with Crippen LogP contribution in [0.4, 0.5) is 9.59 Å². The van der Waals surface area contributed by atoms with E-state index in [0.717, 1.165) is 27.9 Å². The maximum atomic E-state index is 15.0. The molecule has 5 atom stereocenters. The van der Waals surface area contributed by atoms with Crippen molar-refractivity contribution in [2.75, 3.05) is 47.6 Å². The van der Waals surface area contributed by atoms with E-state index in [9.17, 15) is 19.2 Å². The third-order valence-corrected chi connectivity index (χ3v) is 11.6. The fourth-order valence-corrected chi connectivity index (χ4v) is 8.28. The third kappa shape index (κ3) is 15.6. The lowest BCUT2D eigenvalue weighted by atomic mass is 9.84. The number of benzene rings is 3. The first-order chi connectivity index (χ1) is 31.8. The second-order valence-electron chi connectivity index (χ2n) is 19.5. The largest absolute Gasteiger partial charge is 0.453 e. The molecule has 360 valence electrons. The molecule has 5 rings (SSSR count). The molecule has 5 amide bonds. The van der Waals surface area contributed by atoms with Crippen LogP contribution in [0.5, 0.6) is 0 Å². The predicted octanol–water partition coefficient (Wildman–Crippen LogP) is 6.46. The maximum Gasteiger partial charge on any atom is 0.407 e. The minimum absolute atomic E-state index is 0.0190. The molecule has 67 heavy (non-hydrogen) atoms. The van der Waals surface area contributed by atoms with Crippen LogP contribution in [-0.2, 0) is 48.0 Å². The van der Waals surface area contributed by atoms with Crippen molar-refractivity contribution in [3.05, 3.63) is 126 Å². The Morgan fingerprint density at radius 2 is 1.36 bits per heavy atom. The molecule has 15 nitrogen and oxygen atoms in total. The number of aromatic nitrogens is 1. The topological polar surface area (TPSA) is 172 Å². The fourth-order valence-electron chi connectivity index (χ4n) is 8.28. The average molecular weight is 920 g/mol. The minimum Gasteiger partial charge on any atom is -0.453 e. The summed E-state index contributed by atoms with van der Waals surface area (Å²) in [5.74, 6) is -1.33. The molecule has 1 aliphatic heterocycles. The summed E-state index contributed by atoms with van der Waals surface area (Å²) in [5.41, 5.74) is 3.09. The van der Waals surface area contributed by atoms with Crippen molar-refractivity contribution in [1.29, 1.82) is 0 Å². The summed E-state index contributed by atoms with van der Waals surface area (Å²) in [6.07, 6.45) is 0.844. The molecule has 2 heterocycles. The molecule has 3 aromatic carbocycles. The molecule has 4 aromatic rings. The number of pyridine rings is 1. The second-order valence-corrected chi connectivity index (χ2v) is 19.5. The van der Waals surface area contributed by atoms with Crippen molar-refractivity contribution in [2.45, 2.75) is 97.6 Å². The molecule has 0 radical (unpaired) electrons. The number of esters is 1. The Morgan fingerprint density at radius 1 is 0.731 bits per heavy atom. The molecule has 1 aromatic heterocycles. The zero-order valence-corrected chi connectivity index (χ0v) is 40.5. The summed E-state index contributed by atoms with van der Waals surface area (Å²) < 4.78 is 17.0. The Morgan fingerprint density at radius 3 is 1.94 bits per heavy atom. The zero-order valence-electron chi connectivity index (χ0n) is 40.5. The standard InChI is InChI=1S/C52H69N7O8/c1-51(2,3)45(56-49(63)65-9)47(61)54-40(30-37-23-25-39(26-24-37)41-22-16-17-27-53-41)32-43(66-35-67-44(60)34-57(7)8)42(31-36-18-12-10-13-19-36)55-48(62)46(52(4,5)6)59-29-28-58(50(59)64)33-38-20-14-11-15-21-38/h10-27,40,42-43,45-46H,28-35H2,1-9H3,(H,54,61)(H,55,62)(H,56,63)/t40-,42-,43-,45+,46+/m0/s1. The number of ether oxygens (including phenoxy) is 3. The van der Waals surface area contributed by atoms with Gasteiger partial charge in [-0.1, -0.05) is 133 Å². The Labute approximate surface area is 395 Å². The van der Waals surface area contributed by atoms with Crippen LogP contribution in [0.15, 0.2) is 109 Å². The monoisotopic (exact) mass is 920 g/mol. The minimum atomic E-state index is -0.993. The highest BCUT2D eigenvalue weighted by molar-refractivity contribution is 5.89. The van der Waals surface area contributed by atoms with Crippen LogP contribution >= 0.6 is 0 Å². The number of urea groups is 1. The van der Waals surface area contributed by atoms with Gasteiger partial charge in [0.05, 0.1) is 31.5 Å². The van der Waals surface area contributed by atoms with E-state index in [4.69, 9.17) is 14.2 Å². The number of hydrogen-bond acceptors (Lipinski definition) is 10. The number of nitrogens with one attached hydrogen (secondary N) is 3. The SMILES string of the molecule is COC(=O)N[C@H](C(=O)N[C@@H](Cc1ccc(-c2ccccn2)cc1)C[C@H](OCOC(=O)CN(C)C)[C@H](Cc1ccccc1)NC(=O)[C@@H](N1CCN(Cc2ccccc2)C1=O)C(C)(C)C)C(C)(C)C. The Kier molecular flexibility index (Phi) is 18.4. The van der Waals surface area contributed by atoms with Crippen molar-refractivity contribution >= 4 is 29.9 Å². The number of hydrogen-bond donors (Lipinski definition) is 3. The van der Waals surface area contributed by atoms with Gasteiger partial charge in [0.1, 0.15) is 12.1 Å². The molecule has 0 bridgehead atoms. The van der Waals surface area contributed by atoms with Gasteiger partial charge in [-0.15, -0.1) is 0 Å². The molecule has 0 aliphatic carbocycles. The van der Waals surface area contributed by atoms with Crippen LogP contribution in [0, 0.1) is 10.8 Å². The zero-order chi connectivity index (χ0) is 48.7. The van der Waals surface area contributed by atoms with Gasteiger partial charge in [0.25, 0.3) is 0 Å². The molecule has 3 N–H and O–H groups in total. The fraction of sp³-hybridized carbons (Fsp3) is 0.462. The second kappa shape index (κ2) is 23.9. The number of likely N-dealkylation sites (N-methyl/N-ethyl adjacent to an activating group) is 1. The molecular weight excluding hydrogens is 851 g/mol. The van der Waals surface area contributed by atoms with Gasteiger partial charge in [0, 0.05) is 37.4 Å². The lowest BCUT2D eigenvalue weighted by Crippen LogP contribution is -2.59. The van der Waals surface area contributed by atoms with Crippen molar-refractivity contribution < 1.29 is 38.2 Å². The van der Waals surface area contributed by atoms with Crippen LogP contribution < -0.4 is 16.0 Å². The van der Waals surface area contributed by atoms with Gasteiger partial charge >= 0.3 is 18.1 Å². The number of carbonyl (C=O) groups is 5. The Balaban J connectivity index is 1.53. The number of carbonyl (C=O) groups excluding carboxylic acids is 5. The van der Waals surface area contributed by atoms with Gasteiger partial charge in [0.2, 0.25) is 11.8 Å². The van der Waals surface area contributed by atoms with Gasteiger partial charge < -0.3 is 40.0 Å². The molecule has 1 aliphatic rings. The van der Waals surface area contributed by atoms with Crippen LogP contribution in [0.1, 0.15) is 64.7 Å². The maximum absolute atomic E-state index is 15.0. The van der Waals surface area contributed by atoms with E-state index in [2.05, 4.69) is 20.9 Å². The number of rotatable bonds is 21.